The number of hydrogen-bond donors (Lipinski definition) is 1. The highest BCUT2D eigenvalue weighted by Crippen LogP contribution is 2.30. The molecule has 1 aliphatic rings. The number of amides is 2. The Hall–Kier alpha value is -1.78. The Balaban J connectivity index is 1.72. The maximum Gasteiger partial charge on any atom is 0.225 e. The number of hydrogen-bond acceptors (Lipinski definition) is 3. The van der Waals surface area contributed by atoms with E-state index in [0.717, 1.165) is 50.8 Å². The van der Waals surface area contributed by atoms with Crippen LogP contribution in [0.15, 0.2) is 22.8 Å². The van der Waals surface area contributed by atoms with Crippen molar-refractivity contribution in [1.82, 2.24) is 10.2 Å². The van der Waals surface area contributed by atoms with Gasteiger partial charge in [-0.05, 0) is 44.2 Å². The summed E-state index contributed by atoms with van der Waals surface area (Å²) in [5.41, 5.74) is 0. The van der Waals surface area contributed by atoms with Gasteiger partial charge in [0.15, 0.2) is 0 Å². The smallest absolute Gasteiger partial charge is 0.225 e. The number of furan rings is 1. The summed E-state index contributed by atoms with van der Waals surface area (Å²) in [6.07, 6.45) is 6.96. The van der Waals surface area contributed by atoms with Gasteiger partial charge >= 0.3 is 0 Å². The molecule has 2 rings (SSSR count). The molecule has 0 saturated heterocycles. The second-order valence-corrected chi connectivity index (χ2v) is 6.46. The van der Waals surface area contributed by atoms with E-state index < -0.39 is 0 Å². The van der Waals surface area contributed by atoms with Crippen LogP contribution in [0, 0.1) is 11.8 Å². The highest BCUT2D eigenvalue weighted by Gasteiger charge is 2.31. The molecule has 5 nitrogen and oxygen atoms in total. The summed E-state index contributed by atoms with van der Waals surface area (Å²) >= 11 is 0. The van der Waals surface area contributed by atoms with Gasteiger partial charge in [-0.2, -0.15) is 0 Å². The van der Waals surface area contributed by atoms with Gasteiger partial charge in [0.2, 0.25) is 11.8 Å². The maximum atomic E-state index is 12.4. The van der Waals surface area contributed by atoms with Crippen LogP contribution in [0.1, 0.15) is 51.2 Å². The number of rotatable bonds is 7. The molecule has 23 heavy (non-hydrogen) atoms. The van der Waals surface area contributed by atoms with Crippen LogP contribution >= 0.6 is 0 Å². The molecule has 1 fully saturated rings. The van der Waals surface area contributed by atoms with Crippen molar-refractivity contribution in [2.45, 2.75) is 52.0 Å². The third-order valence-electron chi connectivity index (χ3n) is 4.69. The molecular weight excluding hydrogens is 292 g/mol. The zero-order chi connectivity index (χ0) is 16.7. The highest BCUT2D eigenvalue weighted by molar-refractivity contribution is 5.81. The molecule has 0 spiro atoms. The lowest BCUT2D eigenvalue weighted by molar-refractivity contribution is -0.137. The van der Waals surface area contributed by atoms with Gasteiger partial charge in [-0.15, -0.1) is 0 Å². The lowest BCUT2D eigenvalue weighted by Gasteiger charge is -2.30. The number of carbonyl (C=O) groups excluding carboxylic acids is 2. The zero-order valence-electron chi connectivity index (χ0n) is 14.2. The van der Waals surface area contributed by atoms with Crippen molar-refractivity contribution in [2.75, 3.05) is 13.6 Å². The lowest BCUT2D eigenvalue weighted by atomic mass is 9.81. The fourth-order valence-electron chi connectivity index (χ4n) is 3.15. The topological polar surface area (TPSA) is 62.6 Å². The van der Waals surface area contributed by atoms with Gasteiger partial charge in [-0.3, -0.25) is 9.59 Å². The molecule has 1 aromatic rings. The molecule has 1 saturated carbocycles. The minimum absolute atomic E-state index is 0.0231. The first-order chi connectivity index (χ1) is 11.1. The van der Waals surface area contributed by atoms with Crippen LogP contribution in [-0.2, 0) is 16.1 Å². The number of nitrogens with zero attached hydrogens (tertiary/aromatic N) is 1. The molecule has 0 atom stereocenters. The second kappa shape index (κ2) is 8.75. The molecule has 1 heterocycles. The number of carbonyl (C=O) groups is 2. The number of nitrogens with one attached hydrogen (secondary N) is 1. The Morgan fingerprint density at radius 1 is 1.26 bits per heavy atom. The molecule has 0 unspecified atom stereocenters. The van der Waals surface area contributed by atoms with E-state index in [2.05, 4.69) is 12.2 Å². The van der Waals surface area contributed by atoms with Gasteiger partial charge in [0, 0.05) is 25.4 Å². The van der Waals surface area contributed by atoms with Gasteiger partial charge in [0.25, 0.3) is 0 Å². The maximum absolute atomic E-state index is 12.4. The second-order valence-electron chi connectivity index (χ2n) is 6.46. The summed E-state index contributed by atoms with van der Waals surface area (Å²) in [5.74, 6) is 1.19. The molecular formula is C18H28N2O3. The monoisotopic (exact) mass is 320 g/mol. The predicted octanol–water partition coefficient (Wildman–Crippen LogP) is 2.96. The van der Waals surface area contributed by atoms with Crippen LogP contribution in [0.3, 0.4) is 0 Å². The summed E-state index contributed by atoms with van der Waals surface area (Å²) in [5, 5.41) is 2.92. The van der Waals surface area contributed by atoms with E-state index in [1.165, 1.54) is 0 Å². The Labute approximate surface area is 138 Å². The van der Waals surface area contributed by atoms with Crippen molar-refractivity contribution in [3.05, 3.63) is 24.2 Å². The Morgan fingerprint density at radius 2 is 1.96 bits per heavy atom. The first-order valence-electron chi connectivity index (χ1n) is 8.67. The van der Waals surface area contributed by atoms with Crippen molar-refractivity contribution in [3.8, 4) is 0 Å². The minimum atomic E-state index is 0.0231. The Kier molecular flexibility index (Phi) is 6.68. The molecule has 0 radical (unpaired) electrons. The normalized spacial score (nSPS) is 21.0. The van der Waals surface area contributed by atoms with E-state index in [-0.39, 0.29) is 23.7 Å². The van der Waals surface area contributed by atoms with Crippen LogP contribution in [0.4, 0.5) is 0 Å². The van der Waals surface area contributed by atoms with Crippen molar-refractivity contribution in [1.29, 1.82) is 0 Å². The summed E-state index contributed by atoms with van der Waals surface area (Å²) in [4.78, 5) is 26.4. The highest BCUT2D eigenvalue weighted by atomic mass is 16.3. The minimum Gasteiger partial charge on any atom is -0.467 e. The fraction of sp³-hybridized carbons (Fsp3) is 0.667. The van der Waals surface area contributed by atoms with Gasteiger partial charge in [-0.25, -0.2) is 0 Å². The molecule has 2 amide bonds. The van der Waals surface area contributed by atoms with Crippen LogP contribution in [0.25, 0.3) is 0 Å². The largest absolute Gasteiger partial charge is 0.467 e. The van der Waals surface area contributed by atoms with Gasteiger partial charge in [-0.1, -0.05) is 13.3 Å². The summed E-state index contributed by atoms with van der Waals surface area (Å²) < 4.78 is 5.21. The van der Waals surface area contributed by atoms with Crippen molar-refractivity contribution in [3.63, 3.8) is 0 Å². The van der Waals surface area contributed by atoms with Crippen molar-refractivity contribution in [2.24, 2.45) is 11.8 Å². The summed E-state index contributed by atoms with van der Waals surface area (Å²) in [6, 6.07) is 3.66. The third kappa shape index (κ3) is 5.12. The van der Waals surface area contributed by atoms with E-state index in [0.29, 0.717) is 6.54 Å². The Bertz CT molecular complexity index is 490. The van der Waals surface area contributed by atoms with Crippen LogP contribution in [0.2, 0.25) is 0 Å². The summed E-state index contributed by atoms with van der Waals surface area (Å²) in [6.45, 7) is 3.40. The molecule has 1 aromatic heterocycles. The van der Waals surface area contributed by atoms with E-state index in [4.69, 9.17) is 4.42 Å². The predicted molar refractivity (Wildman–Crippen MR) is 88.5 cm³/mol. The van der Waals surface area contributed by atoms with Gasteiger partial charge < -0.3 is 14.6 Å². The number of unbranched alkanes of at least 4 members (excludes halogenated alkanes) is 1. The molecule has 0 bridgehead atoms. The average Bonchev–Trinajstić information content (AvgIpc) is 3.10. The van der Waals surface area contributed by atoms with Crippen molar-refractivity contribution >= 4 is 11.8 Å². The third-order valence-corrected chi connectivity index (χ3v) is 4.69. The van der Waals surface area contributed by atoms with E-state index in [1.807, 2.05) is 24.1 Å². The molecule has 0 aliphatic heterocycles. The molecule has 5 heteroatoms. The van der Waals surface area contributed by atoms with Gasteiger partial charge in [0.05, 0.1) is 12.8 Å². The molecule has 1 N–H and O–H groups in total. The van der Waals surface area contributed by atoms with Crippen LogP contribution < -0.4 is 5.32 Å². The van der Waals surface area contributed by atoms with E-state index in [1.54, 1.807) is 6.26 Å². The van der Waals surface area contributed by atoms with Crippen LogP contribution in [0.5, 0.6) is 0 Å². The quantitative estimate of drug-likeness (QED) is 0.840. The molecule has 1 aliphatic carbocycles. The first-order valence-corrected chi connectivity index (χ1v) is 8.67. The SMILES string of the molecule is CCCCN(C)C(=O)C1CCC(C(=O)NCc2ccco2)CC1. The average molecular weight is 320 g/mol. The summed E-state index contributed by atoms with van der Waals surface area (Å²) in [7, 11) is 1.89. The Morgan fingerprint density at radius 3 is 2.57 bits per heavy atom. The van der Waals surface area contributed by atoms with E-state index in [9.17, 15) is 9.59 Å². The van der Waals surface area contributed by atoms with E-state index >= 15 is 0 Å². The zero-order valence-corrected chi connectivity index (χ0v) is 14.2. The standard InChI is InChI=1S/C18H28N2O3/c1-3-4-11-20(2)18(22)15-9-7-14(8-10-15)17(21)19-13-16-6-5-12-23-16/h5-6,12,14-15H,3-4,7-11,13H2,1-2H3,(H,19,21). The van der Waals surface area contributed by atoms with Crippen LogP contribution in [-0.4, -0.2) is 30.3 Å². The fourth-order valence-corrected chi connectivity index (χ4v) is 3.15. The first kappa shape index (κ1) is 17.6. The molecule has 0 aromatic carbocycles. The van der Waals surface area contributed by atoms with Gasteiger partial charge in [0.1, 0.15) is 5.76 Å². The lowest BCUT2D eigenvalue weighted by Crippen LogP contribution is -2.38. The molecule has 128 valence electrons. The van der Waals surface area contributed by atoms with Crippen molar-refractivity contribution < 1.29 is 14.0 Å².